The van der Waals surface area contributed by atoms with Gasteiger partial charge < -0.3 is 13.9 Å². The molecule has 0 aliphatic carbocycles. The average molecular weight is 202 g/mol. The van der Waals surface area contributed by atoms with Crippen molar-refractivity contribution in [3.8, 4) is 0 Å². The molecule has 0 unspecified atom stereocenters. The lowest BCUT2D eigenvalue weighted by molar-refractivity contribution is 0.204. The Morgan fingerprint density at radius 3 is 2.08 bits per heavy atom. The molecule has 4 heteroatoms. The van der Waals surface area contributed by atoms with Gasteiger partial charge in [0, 0.05) is 13.7 Å². The van der Waals surface area contributed by atoms with Gasteiger partial charge in [0.25, 0.3) is 0 Å². The third-order valence-corrected chi connectivity index (χ3v) is 4.59. The molecule has 0 radical (unpaired) electrons. The first-order chi connectivity index (χ1) is 6.09. The van der Waals surface area contributed by atoms with E-state index in [1.165, 1.54) is 0 Å². The first-order valence-corrected chi connectivity index (χ1v) is 6.28. The molecule has 0 aliphatic rings. The summed E-state index contributed by atoms with van der Waals surface area (Å²) in [6, 6.07) is 0. The molecule has 0 N–H and O–H groups in total. The van der Waals surface area contributed by atoms with Crippen molar-refractivity contribution in [2.45, 2.75) is 6.42 Å². The Morgan fingerprint density at radius 2 is 1.69 bits per heavy atom. The molecular weight excluding hydrogens is 180 g/mol. The van der Waals surface area contributed by atoms with E-state index in [1.54, 1.807) is 7.11 Å². The lowest BCUT2D eigenvalue weighted by Gasteiger charge is -2.25. The molecule has 0 atom stereocenters. The van der Waals surface area contributed by atoms with Crippen LogP contribution in [0.15, 0.2) is 11.8 Å². The number of methoxy groups -OCH3 is 1. The average Bonchev–Trinajstić information content (AvgIpc) is 2.02. The summed E-state index contributed by atoms with van der Waals surface area (Å²) in [5, 5.41) is 0. The highest BCUT2D eigenvalue weighted by molar-refractivity contribution is 6.58. The van der Waals surface area contributed by atoms with Crippen molar-refractivity contribution in [1.82, 2.24) is 9.13 Å². The summed E-state index contributed by atoms with van der Waals surface area (Å²) in [5.41, 5.74) is 2.33. The van der Waals surface area contributed by atoms with Crippen molar-refractivity contribution in [2.24, 2.45) is 0 Å². The smallest absolute Gasteiger partial charge is 0.214 e. The summed E-state index contributed by atoms with van der Waals surface area (Å²) in [5.74, 6) is 0. The van der Waals surface area contributed by atoms with E-state index < -0.39 is 9.12 Å². The molecule has 3 nitrogen and oxygen atoms in total. The SMILES string of the molecule is COCCC=C[SiH](N(C)C)N(C)C. The molecule has 13 heavy (non-hydrogen) atoms. The van der Waals surface area contributed by atoms with Gasteiger partial charge in [-0.1, -0.05) is 11.8 Å². The molecule has 0 amide bonds. The van der Waals surface area contributed by atoms with Crippen LogP contribution in [0.4, 0.5) is 0 Å². The lowest BCUT2D eigenvalue weighted by Crippen LogP contribution is -2.44. The second-order valence-corrected chi connectivity index (χ2v) is 6.83. The minimum Gasteiger partial charge on any atom is -0.384 e. The van der Waals surface area contributed by atoms with Crippen LogP contribution in [-0.2, 0) is 4.74 Å². The number of rotatable bonds is 6. The van der Waals surface area contributed by atoms with E-state index in [1.807, 2.05) is 0 Å². The number of nitrogens with zero attached hydrogens (tertiary/aromatic N) is 2. The highest BCUT2D eigenvalue weighted by Gasteiger charge is 2.11. The summed E-state index contributed by atoms with van der Waals surface area (Å²) in [7, 11) is 9.29. The zero-order valence-corrected chi connectivity index (χ0v) is 10.6. The molecule has 0 aromatic rings. The Labute approximate surface area is 83.7 Å². The van der Waals surface area contributed by atoms with E-state index in [-0.39, 0.29) is 0 Å². The normalized spacial score (nSPS) is 12.6. The van der Waals surface area contributed by atoms with Crippen LogP contribution in [0, 0.1) is 0 Å². The Hall–Kier alpha value is -0.163. The Kier molecular flexibility index (Phi) is 7.17. The van der Waals surface area contributed by atoms with Gasteiger partial charge in [0.05, 0.1) is 0 Å². The Balaban J connectivity index is 3.87. The van der Waals surface area contributed by atoms with Crippen LogP contribution < -0.4 is 0 Å². The van der Waals surface area contributed by atoms with Crippen LogP contribution in [0.3, 0.4) is 0 Å². The predicted molar refractivity (Wildman–Crippen MR) is 60.2 cm³/mol. The van der Waals surface area contributed by atoms with Crippen LogP contribution in [0.1, 0.15) is 6.42 Å². The molecule has 0 heterocycles. The van der Waals surface area contributed by atoms with E-state index in [9.17, 15) is 0 Å². The van der Waals surface area contributed by atoms with Gasteiger partial charge >= 0.3 is 0 Å². The minimum atomic E-state index is -0.992. The summed E-state index contributed by atoms with van der Waals surface area (Å²) in [6.45, 7) is 0.818. The molecule has 0 aliphatic heterocycles. The lowest BCUT2D eigenvalue weighted by atomic mass is 10.5. The van der Waals surface area contributed by atoms with Gasteiger partial charge in [0.2, 0.25) is 9.12 Å². The topological polar surface area (TPSA) is 15.7 Å². The summed E-state index contributed by atoms with van der Waals surface area (Å²) in [6.07, 6.45) is 3.24. The van der Waals surface area contributed by atoms with Gasteiger partial charge in [-0.3, -0.25) is 0 Å². The van der Waals surface area contributed by atoms with Crippen molar-refractivity contribution in [2.75, 3.05) is 41.9 Å². The summed E-state index contributed by atoms with van der Waals surface area (Å²) >= 11 is 0. The molecule has 0 spiro atoms. The highest BCUT2D eigenvalue weighted by Crippen LogP contribution is 1.95. The molecule has 0 bridgehead atoms. The molecule has 0 fully saturated rings. The fraction of sp³-hybridized carbons (Fsp3) is 0.778. The monoisotopic (exact) mass is 202 g/mol. The molecule has 0 saturated heterocycles. The Morgan fingerprint density at radius 1 is 1.15 bits per heavy atom. The number of ether oxygens (including phenoxy) is 1. The molecule has 0 aromatic carbocycles. The zero-order valence-electron chi connectivity index (χ0n) is 9.45. The molecule has 78 valence electrons. The van der Waals surface area contributed by atoms with Crippen molar-refractivity contribution < 1.29 is 4.74 Å². The van der Waals surface area contributed by atoms with E-state index in [0.29, 0.717) is 0 Å². The molecular formula is C9H22N2OSi. The maximum atomic E-state index is 4.98. The molecule has 0 aromatic heterocycles. The van der Waals surface area contributed by atoms with Gasteiger partial charge in [-0.05, 0) is 34.6 Å². The predicted octanol–water partition coefficient (Wildman–Crippen LogP) is 0.462. The maximum Gasteiger partial charge on any atom is 0.214 e. The third-order valence-electron chi connectivity index (χ3n) is 1.86. The molecule has 0 saturated carbocycles. The van der Waals surface area contributed by atoms with E-state index >= 15 is 0 Å². The van der Waals surface area contributed by atoms with E-state index in [0.717, 1.165) is 13.0 Å². The van der Waals surface area contributed by atoms with Crippen molar-refractivity contribution in [3.63, 3.8) is 0 Å². The maximum absolute atomic E-state index is 4.98. The third kappa shape index (κ3) is 5.98. The van der Waals surface area contributed by atoms with Gasteiger partial charge in [0.1, 0.15) is 0 Å². The summed E-state index contributed by atoms with van der Waals surface area (Å²) in [4.78, 5) is 0. The highest BCUT2D eigenvalue weighted by atomic mass is 28.3. The van der Waals surface area contributed by atoms with Gasteiger partial charge in [-0.2, -0.15) is 0 Å². The van der Waals surface area contributed by atoms with Crippen molar-refractivity contribution >= 4 is 9.12 Å². The second-order valence-electron chi connectivity index (χ2n) is 3.55. The summed E-state index contributed by atoms with van der Waals surface area (Å²) < 4.78 is 9.60. The van der Waals surface area contributed by atoms with Gasteiger partial charge in [-0.25, -0.2) is 0 Å². The van der Waals surface area contributed by atoms with Crippen LogP contribution >= 0.6 is 0 Å². The number of hydrogen-bond acceptors (Lipinski definition) is 3. The van der Waals surface area contributed by atoms with Gasteiger partial charge in [0.15, 0.2) is 0 Å². The zero-order chi connectivity index (χ0) is 10.3. The Bertz CT molecular complexity index is 141. The quantitative estimate of drug-likeness (QED) is 0.460. The van der Waals surface area contributed by atoms with Crippen molar-refractivity contribution in [1.29, 1.82) is 0 Å². The van der Waals surface area contributed by atoms with E-state index in [2.05, 4.69) is 49.1 Å². The van der Waals surface area contributed by atoms with Crippen LogP contribution in [0.25, 0.3) is 0 Å². The largest absolute Gasteiger partial charge is 0.384 e. The second kappa shape index (κ2) is 7.26. The van der Waals surface area contributed by atoms with Crippen LogP contribution in [-0.4, -0.2) is 60.2 Å². The molecule has 0 rings (SSSR count). The van der Waals surface area contributed by atoms with Gasteiger partial charge in [-0.15, -0.1) is 0 Å². The number of hydrogen-bond donors (Lipinski definition) is 0. The first-order valence-electron chi connectivity index (χ1n) is 4.58. The first kappa shape index (κ1) is 12.8. The minimum absolute atomic E-state index is 0.818. The standard InChI is InChI=1S/C9H22N2OSi/c1-10(2)13(11(3)4)9-7-6-8-12-5/h7,9,13H,6,8H2,1-5H3. The fourth-order valence-corrected chi connectivity index (χ4v) is 3.26. The fourth-order valence-electron chi connectivity index (χ4n) is 1.21. The van der Waals surface area contributed by atoms with Crippen LogP contribution in [0.2, 0.25) is 0 Å². The van der Waals surface area contributed by atoms with Crippen molar-refractivity contribution in [3.05, 3.63) is 11.8 Å². The van der Waals surface area contributed by atoms with Crippen LogP contribution in [0.5, 0.6) is 0 Å². The van der Waals surface area contributed by atoms with E-state index in [4.69, 9.17) is 4.74 Å².